The summed E-state index contributed by atoms with van der Waals surface area (Å²) < 4.78 is 3.06. The van der Waals surface area contributed by atoms with Crippen LogP contribution in [0.25, 0.3) is 0 Å². The number of H-pyrrole nitrogens is 1. The molecule has 3 rings (SSSR count). The highest BCUT2D eigenvalue weighted by Crippen LogP contribution is 2.23. The molecular formula is C11H14BrN5. The maximum absolute atomic E-state index is 4.30. The summed E-state index contributed by atoms with van der Waals surface area (Å²) in [5.41, 5.74) is 2.23. The zero-order valence-corrected chi connectivity index (χ0v) is 11.2. The molecular weight excluding hydrogens is 282 g/mol. The van der Waals surface area contributed by atoms with Crippen molar-refractivity contribution >= 4 is 15.9 Å². The van der Waals surface area contributed by atoms with Crippen LogP contribution in [-0.4, -0.2) is 38.0 Å². The van der Waals surface area contributed by atoms with E-state index < -0.39 is 0 Å². The highest BCUT2D eigenvalue weighted by molar-refractivity contribution is 9.10. The van der Waals surface area contributed by atoms with E-state index in [2.05, 4.69) is 42.2 Å². The average molecular weight is 296 g/mol. The fourth-order valence-electron chi connectivity index (χ4n) is 2.14. The second kappa shape index (κ2) is 4.27. The van der Waals surface area contributed by atoms with Gasteiger partial charge in [-0.05, 0) is 28.9 Å². The molecule has 1 fully saturated rings. The molecule has 0 aliphatic carbocycles. The Hall–Kier alpha value is -1.14. The lowest BCUT2D eigenvalue weighted by Crippen LogP contribution is -2.47. The molecule has 0 unspecified atom stereocenters. The smallest absolute Gasteiger partial charge is 0.0773 e. The molecule has 1 aliphatic rings. The molecule has 0 radical (unpaired) electrons. The van der Waals surface area contributed by atoms with Gasteiger partial charge in [-0.3, -0.25) is 14.7 Å². The number of nitrogens with one attached hydrogen (secondary N) is 1. The Morgan fingerprint density at radius 1 is 1.53 bits per heavy atom. The highest BCUT2D eigenvalue weighted by Gasteiger charge is 2.28. The van der Waals surface area contributed by atoms with E-state index in [9.17, 15) is 0 Å². The number of aromatic amines is 1. The van der Waals surface area contributed by atoms with Crippen LogP contribution in [-0.2, 0) is 6.54 Å². The summed E-state index contributed by atoms with van der Waals surface area (Å²) >= 11 is 3.41. The largest absolute Gasteiger partial charge is 0.293 e. The van der Waals surface area contributed by atoms with Gasteiger partial charge in [0.15, 0.2) is 0 Å². The van der Waals surface area contributed by atoms with E-state index in [1.165, 1.54) is 0 Å². The van der Waals surface area contributed by atoms with E-state index in [4.69, 9.17) is 0 Å². The molecule has 0 bridgehead atoms. The number of nitrogens with zero attached hydrogens (tertiary/aromatic N) is 4. The van der Waals surface area contributed by atoms with Gasteiger partial charge in [0.25, 0.3) is 0 Å². The summed E-state index contributed by atoms with van der Waals surface area (Å²) in [6.07, 6.45) is 3.86. The maximum Gasteiger partial charge on any atom is 0.0773 e. The third kappa shape index (κ3) is 2.28. The van der Waals surface area contributed by atoms with Gasteiger partial charge in [-0.25, -0.2) is 0 Å². The van der Waals surface area contributed by atoms with Crippen LogP contribution in [0.4, 0.5) is 0 Å². The van der Waals surface area contributed by atoms with Gasteiger partial charge in [0.05, 0.1) is 22.4 Å². The zero-order chi connectivity index (χ0) is 11.8. The van der Waals surface area contributed by atoms with Crippen LogP contribution < -0.4 is 0 Å². The summed E-state index contributed by atoms with van der Waals surface area (Å²) in [5, 5.41) is 11.5. The maximum atomic E-state index is 4.30. The van der Waals surface area contributed by atoms with Crippen molar-refractivity contribution in [1.82, 2.24) is 24.9 Å². The standard InChI is InChI=1S/C11H14BrN5/c1-8-2-10(15-14-8)5-16-6-11(7-16)17-4-9(12)3-13-17/h2-4,11H,5-7H2,1H3,(H,14,15). The minimum Gasteiger partial charge on any atom is -0.293 e. The molecule has 0 spiro atoms. The van der Waals surface area contributed by atoms with Crippen LogP contribution in [0.1, 0.15) is 17.4 Å². The quantitative estimate of drug-likeness (QED) is 0.938. The Morgan fingerprint density at radius 3 is 2.94 bits per heavy atom. The summed E-state index contributed by atoms with van der Waals surface area (Å²) in [5.74, 6) is 0. The van der Waals surface area contributed by atoms with E-state index >= 15 is 0 Å². The zero-order valence-electron chi connectivity index (χ0n) is 9.60. The summed E-state index contributed by atoms with van der Waals surface area (Å²) in [6.45, 7) is 5.03. The van der Waals surface area contributed by atoms with Gasteiger partial charge in [0.1, 0.15) is 0 Å². The molecule has 90 valence electrons. The normalized spacial score (nSPS) is 17.3. The van der Waals surface area contributed by atoms with Gasteiger partial charge < -0.3 is 0 Å². The monoisotopic (exact) mass is 295 g/mol. The molecule has 2 aromatic rings. The molecule has 3 heterocycles. The molecule has 17 heavy (non-hydrogen) atoms. The highest BCUT2D eigenvalue weighted by atomic mass is 79.9. The second-order valence-electron chi connectivity index (χ2n) is 4.53. The third-order valence-electron chi connectivity index (χ3n) is 3.03. The SMILES string of the molecule is Cc1cc(CN2CC(n3cc(Br)cn3)C2)n[nH]1. The number of rotatable bonds is 3. The first-order valence-electron chi connectivity index (χ1n) is 5.63. The van der Waals surface area contributed by atoms with Gasteiger partial charge in [-0.2, -0.15) is 10.2 Å². The molecule has 0 saturated carbocycles. The number of hydrogen-bond donors (Lipinski definition) is 1. The van der Waals surface area contributed by atoms with Crippen LogP contribution in [0.15, 0.2) is 22.9 Å². The predicted octanol–water partition coefficient (Wildman–Crippen LogP) is 1.73. The Morgan fingerprint density at radius 2 is 2.35 bits per heavy atom. The molecule has 5 nitrogen and oxygen atoms in total. The lowest BCUT2D eigenvalue weighted by molar-refractivity contribution is 0.0895. The van der Waals surface area contributed by atoms with E-state index in [0.717, 1.165) is 35.5 Å². The van der Waals surface area contributed by atoms with Crippen molar-refractivity contribution in [1.29, 1.82) is 0 Å². The average Bonchev–Trinajstić information content (AvgIpc) is 2.81. The minimum atomic E-state index is 0.501. The van der Waals surface area contributed by atoms with Crippen LogP contribution in [0, 0.1) is 6.92 Å². The summed E-state index contributed by atoms with van der Waals surface area (Å²) in [4.78, 5) is 2.37. The fraction of sp³-hybridized carbons (Fsp3) is 0.455. The van der Waals surface area contributed by atoms with E-state index in [1.807, 2.05) is 24.0 Å². The molecule has 6 heteroatoms. The second-order valence-corrected chi connectivity index (χ2v) is 5.44. The summed E-state index contributed by atoms with van der Waals surface area (Å²) in [6, 6.07) is 2.60. The van der Waals surface area contributed by atoms with E-state index in [-0.39, 0.29) is 0 Å². The van der Waals surface area contributed by atoms with Crippen molar-refractivity contribution < 1.29 is 0 Å². The topological polar surface area (TPSA) is 49.7 Å². The van der Waals surface area contributed by atoms with E-state index in [0.29, 0.717) is 6.04 Å². The molecule has 0 aromatic carbocycles. The Balaban J connectivity index is 1.55. The molecule has 1 aliphatic heterocycles. The lowest BCUT2D eigenvalue weighted by Gasteiger charge is -2.38. The van der Waals surface area contributed by atoms with Crippen molar-refractivity contribution in [3.8, 4) is 0 Å². The Bertz CT molecular complexity index is 511. The first-order chi connectivity index (χ1) is 8.20. The number of likely N-dealkylation sites (tertiary alicyclic amines) is 1. The molecule has 1 saturated heterocycles. The Kier molecular flexibility index (Phi) is 2.76. The first-order valence-corrected chi connectivity index (χ1v) is 6.43. The fourth-order valence-corrected chi connectivity index (χ4v) is 2.44. The van der Waals surface area contributed by atoms with Crippen molar-refractivity contribution in [2.75, 3.05) is 13.1 Å². The van der Waals surface area contributed by atoms with Gasteiger partial charge in [-0.1, -0.05) is 0 Å². The number of aryl methyl sites for hydroxylation is 1. The molecule has 0 amide bonds. The number of aromatic nitrogens is 4. The van der Waals surface area contributed by atoms with Crippen molar-refractivity contribution in [3.05, 3.63) is 34.3 Å². The van der Waals surface area contributed by atoms with Gasteiger partial charge in [0.2, 0.25) is 0 Å². The van der Waals surface area contributed by atoms with Crippen LogP contribution >= 0.6 is 15.9 Å². The number of halogens is 1. The van der Waals surface area contributed by atoms with Crippen molar-refractivity contribution in [2.45, 2.75) is 19.5 Å². The van der Waals surface area contributed by atoms with Gasteiger partial charge in [-0.15, -0.1) is 0 Å². The lowest BCUT2D eigenvalue weighted by atomic mass is 10.1. The van der Waals surface area contributed by atoms with E-state index in [1.54, 1.807) is 0 Å². The van der Waals surface area contributed by atoms with Crippen molar-refractivity contribution in [3.63, 3.8) is 0 Å². The van der Waals surface area contributed by atoms with Crippen molar-refractivity contribution in [2.24, 2.45) is 0 Å². The van der Waals surface area contributed by atoms with Gasteiger partial charge >= 0.3 is 0 Å². The third-order valence-corrected chi connectivity index (χ3v) is 3.44. The van der Waals surface area contributed by atoms with Gasteiger partial charge in [0, 0.05) is 31.5 Å². The first kappa shape index (κ1) is 11.0. The van der Waals surface area contributed by atoms with Crippen LogP contribution in [0.5, 0.6) is 0 Å². The Labute approximate surface area is 108 Å². The number of hydrogen-bond acceptors (Lipinski definition) is 3. The van der Waals surface area contributed by atoms with Crippen LogP contribution in [0.3, 0.4) is 0 Å². The summed E-state index contributed by atoms with van der Waals surface area (Å²) in [7, 11) is 0. The van der Waals surface area contributed by atoms with Crippen LogP contribution in [0.2, 0.25) is 0 Å². The molecule has 1 N–H and O–H groups in total. The minimum absolute atomic E-state index is 0.501. The predicted molar refractivity (Wildman–Crippen MR) is 67.6 cm³/mol. The molecule has 2 aromatic heterocycles. The molecule has 0 atom stereocenters.